The summed E-state index contributed by atoms with van der Waals surface area (Å²) in [6, 6.07) is 4.92. The predicted molar refractivity (Wildman–Crippen MR) is 85.9 cm³/mol. The molecule has 116 valence electrons. The van der Waals surface area contributed by atoms with E-state index in [9.17, 15) is 9.18 Å². The molecule has 0 bridgehead atoms. The first kappa shape index (κ1) is 16.0. The van der Waals surface area contributed by atoms with Crippen molar-refractivity contribution in [1.82, 2.24) is 0 Å². The number of ether oxygens (including phenoxy) is 1. The maximum absolute atomic E-state index is 14.4. The molecule has 0 aliphatic rings. The largest absolute Gasteiger partial charge is 0.490 e. The van der Waals surface area contributed by atoms with Crippen LogP contribution in [0.15, 0.2) is 52.2 Å². The highest BCUT2D eigenvalue weighted by Gasteiger charge is 2.14. The lowest BCUT2D eigenvalue weighted by molar-refractivity contribution is 0.309. The average Bonchev–Trinajstić information content (AvgIpc) is 2.49. The molecule has 0 amide bonds. The molecule has 3 nitrogen and oxygen atoms in total. The van der Waals surface area contributed by atoms with Gasteiger partial charge in [0.15, 0.2) is 11.6 Å². The van der Waals surface area contributed by atoms with Crippen LogP contribution in [0.1, 0.15) is 25.5 Å². The second-order valence-electron chi connectivity index (χ2n) is 4.88. The number of rotatable bonds is 7. The fraction of sp³-hybridized carbons (Fsp3) is 0.278. The van der Waals surface area contributed by atoms with E-state index in [-0.39, 0.29) is 11.1 Å². The topological polar surface area (TPSA) is 39.4 Å². The highest BCUT2D eigenvalue weighted by Crippen LogP contribution is 2.25. The fourth-order valence-electron chi connectivity index (χ4n) is 2.15. The number of benzene rings is 1. The van der Waals surface area contributed by atoms with Gasteiger partial charge in [0.2, 0.25) is 0 Å². The van der Waals surface area contributed by atoms with Crippen molar-refractivity contribution in [2.24, 2.45) is 0 Å². The molecule has 0 saturated carbocycles. The Hall–Kier alpha value is -2.36. The van der Waals surface area contributed by atoms with E-state index in [2.05, 4.69) is 6.58 Å². The van der Waals surface area contributed by atoms with E-state index in [4.69, 9.17) is 9.15 Å². The Morgan fingerprint density at radius 2 is 2.18 bits per heavy atom. The Kier molecular flexibility index (Phi) is 5.53. The van der Waals surface area contributed by atoms with Crippen LogP contribution in [0.2, 0.25) is 0 Å². The van der Waals surface area contributed by atoms with Crippen molar-refractivity contribution in [2.45, 2.75) is 26.2 Å². The SMILES string of the molecule is C=CCCOc1ccc2cc(CC/C=C/C)oc(=O)c2c1F. The number of halogens is 1. The van der Waals surface area contributed by atoms with Crippen LogP contribution in [-0.2, 0) is 6.42 Å². The molecule has 1 aromatic heterocycles. The number of hydrogen-bond acceptors (Lipinski definition) is 3. The van der Waals surface area contributed by atoms with Crippen LogP contribution in [0.25, 0.3) is 10.8 Å². The van der Waals surface area contributed by atoms with Gasteiger partial charge in [-0.1, -0.05) is 24.3 Å². The number of aryl methyl sites for hydroxylation is 1. The summed E-state index contributed by atoms with van der Waals surface area (Å²) in [6.07, 6.45) is 7.60. The summed E-state index contributed by atoms with van der Waals surface area (Å²) < 4.78 is 24.9. The van der Waals surface area contributed by atoms with Crippen molar-refractivity contribution in [3.63, 3.8) is 0 Å². The van der Waals surface area contributed by atoms with Crippen molar-refractivity contribution in [3.8, 4) is 5.75 Å². The molecule has 0 N–H and O–H groups in total. The molecule has 4 heteroatoms. The maximum Gasteiger partial charge on any atom is 0.346 e. The van der Waals surface area contributed by atoms with Crippen LogP contribution in [0, 0.1) is 5.82 Å². The van der Waals surface area contributed by atoms with Crippen LogP contribution in [0.5, 0.6) is 5.75 Å². The smallest absolute Gasteiger partial charge is 0.346 e. The van der Waals surface area contributed by atoms with Crippen molar-refractivity contribution in [3.05, 3.63) is 65.0 Å². The Bertz CT molecular complexity index is 744. The predicted octanol–water partition coefficient (Wildman–Crippen LogP) is 4.40. The van der Waals surface area contributed by atoms with E-state index in [0.29, 0.717) is 30.6 Å². The monoisotopic (exact) mass is 302 g/mol. The molecule has 22 heavy (non-hydrogen) atoms. The minimum atomic E-state index is -0.671. The van der Waals surface area contributed by atoms with Crippen molar-refractivity contribution in [1.29, 1.82) is 0 Å². The molecular formula is C18H19FO3. The Balaban J connectivity index is 2.35. The fourth-order valence-corrected chi connectivity index (χ4v) is 2.15. The summed E-state index contributed by atoms with van der Waals surface area (Å²) in [5.41, 5.74) is -0.667. The van der Waals surface area contributed by atoms with E-state index in [0.717, 1.165) is 6.42 Å². The molecular weight excluding hydrogens is 283 g/mol. The molecule has 1 heterocycles. The standard InChI is InChI=1S/C18H19FO3/c1-3-5-7-8-14-12-13-9-10-15(21-11-6-4-2)17(19)16(13)18(20)22-14/h3-5,9-10,12H,2,6-8,11H2,1H3/b5-3+. The maximum atomic E-state index is 14.4. The number of hydrogen-bond donors (Lipinski definition) is 0. The van der Waals surface area contributed by atoms with Gasteiger partial charge in [0.1, 0.15) is 11.1 Å². The van der Waals surface area contributed by atoms with Gasteiger partial charge in [-0.05, 0) is 37.3 Å². The lowest BCUT2D eigenvalue weighted by Crippen LogP contribution is -2.06. The minimum Gasteiger partial charge on any atom is -0.490 e. The Labute approximate surface area is 128 Å². The minimum absolute atomic E-state index is 0.0586. The van der Waals surface area contributed by atoms with Gasteiger partial charge in [0, 0.05) is 6.42 Å². The van der Waals surface area contributed by atoms with Gasteiger partial charge in [-0.15, -0.1) is 6.58 Å². The highest BCUT2D eigenvalue weighted by atomic mass is 19.1. The van der Waals surface area contributed by atoms with Crippen molar-refractivity contribution in [2.75, 3.05) is 6.61 Å². The second kappa shape index (κ2) is 7.59. The summed E-state index contributed by atoms with van der Waals surface area (Å²) in [4.78, 5) is 12.0. The van der Waals surface area contributed by atoms with Crippen LogP contribution < -0.4 is 10.4 Å². The average molecular weight is 302 g/mol. The lowest BCUT2D eigenvalue weighted by Gasteiger charge is -2.08. The molecule has 0 saturated heterocycles. The van der Waals surface area contributed by atoms with Gasteiger partial charge in [-0.2, -0.15) is 0 Å². The molecule has 0 fully saturated rings. The first-order valence-corrected chi connectivity index (χ1v) is 7.27. The molecule has 0 aliphatic carbocycles. The molecule has 0 radical (unpaired) electrons. The first-order valence-electron chi connectivity index (χ1n) is 7.27. The van der Waals surface area contributed by atoms with E-state index >= 15 is 0 Å². The van der Waals surface area contributed by atoms with E-state index in [1.165, 1.54) is 6.07 Å². The highest BCUT2D eigenvalue weighted by molar-refractivity contribution is 5.83. The third kappa shape index (κ3) is 3.64. The third-order valence-electron chi connectivity index (χ3n) is 3.26. The van der Waals surface area contributed by atoms with E-state index in [1.807, 2.05) is 19.1 Å². The molecule has 2 aromatic rings. The van der Waals surface area contributed by atoms with Gasteiger partial charge in [0.25, 0.3) is 0 Å². The Morgan fingerprint density at radius 1 is 1.36 bits per heavy atom. The first-order chi connectivity index (χ1) is 10.7. The van der Waals surface area contributed by atoms with Crippen LogP contribution >= 0.6 is 0 Å². The zero-order valence-electron chi connectivity index (χ0n) is 12.6. The summed E-state index contributed by atoms with van der Waals surface area (Å²) >= 11 is 0. The third-order valence-corrected chi connectivity index (χ3v) is 3.26. The van der Waals surface area contributed by atoms with E-state index in [1.54, 1.807) is 18.2 Å². The molecule has 0 unspecified atom stereocenters. The van der Waals surface area contributed by atoms with Gasteiger partial charge in [0.05, 0.1) is 6.61 Å². The molecule has 0 atom stereocenters. The number of allylic oxidation sites excluding steroid dienone is 2. The summed E-state index contributed by atoms with van der Waals surface area (Å²) in [7, 11) is 0. The van der Waals surface area contributed by atoms with Gasteiger partial charge >= 0.3 is 5.63 Å². The second-order valence-corrected chi connectivity index (χ2v) is 4.88. The normalized spacial score (nSPS) is 11.2. The van der Waals surface area contributed by atoms with Crippen LogP contribution in [0.3, 0.4) is 0 Å². The Morgan fingerprint density at radius 3 is 2.91 bits per heavy atom. The molecule has 0 spiro atoms. The summed E-state index contributed by atoms with van der Waals surface area (Å²) in [5, 5.41) is 0.464. The zero-order valence-corrected chi connectivity index (χ0v) is 12.6. The van der Waals surface area contributed by atoms with Gasteiger partial charge in [-0.3, -0.25) is 0 Å². The summed E-state index contributed by atoms with van der Waals surface area (Å²) in [5.74, 6) is -0.0611. The zero-order chi connectivity index (χ0) is 15.9. The van der Waals surface area contributed by atoms with E-state index < -0.39 is 11.4 Å². The van der Waals surface area contributed by atoms with Crippen LogP contribution in [0.4, 0.5) is 4.39 Å². The molecule has 0 aliphatic heterocycles. The molecule has 2 rings (SSSR count). The molecule has 1 aromatic carbocycles. The van der Waals surface area contributed by atoms with Gasteiger partial charge in [-0.25, -0.2) is 9.18 Å². The lowest BCUT2D eigenvalue weighted by atomic mass is 10.1. The number of fused-ring (bicyclic) bond motifs is 1. The van der Waals surface area contributed by atoms with Crippen LogP contribution in [-0.4, -0.2) is 6.61 Å². The van der Waals surface area contributed by atoms with Gasteiger partial charge < -0.3 is 9.15 Å². The van der Waals surface area contributed by atoms with Crippen molar-refractivity contribution >= 4 is 10.8 Å². The quantitative estimate of drug-likeness (QED) is 0.562. The van der Waals surface area contributed by atoms with Crippen molar-refractivity contribution < 1.29 is 13.5 Å². The summed E-state index contributed by atoms with van der Waals surface area (Å²) in [6.45, 7) is 5.82.